The Kier molecular flexibility index (Phi) is 4.26. The summed E-state index contributed by atoms with van der Waals surface area (Å²) in [7, 11) is 0. The summed E-state index contributed by atoms with van der Waals surface area (Å²) < 4.78 is 0. The van der Waals surface area contributed by atoms with Gasteiger partial charge in [-0.25, -0.2) is 0 Å². The zero-order valence-corrected chi connectivity index (χ0v) is 12.0. The first-order valence-corrected chi connectivity index (χ1v) is 7.70. The van der Waals surface area contributed by atoms with Crippen LogP contribution in [0.5, 0.6) is 0 Å². The van der Waals surface area contributed by atoms with E-state index in [-0.39, 0.29) is 6.10 Å². The van der Waals surface area contributed by atoms with E-state index in [1.54, 1.807) is 0 Å². The molecule has 1 nitrogen and oxygen atoms in total. The molecule has 2 heteroatoms. The monoisotopic (exact) mass is 252 g/mol. The normalized spacial score (nSPS) is 27.1. The summed E-state index contributed by atoms with van der Waals surface area (Å²) in [5.74, 6) is 1.21. The first-order valence-electron chi connectivity index (χ1n) is 6.88. The van der Waals surface area contributed by atoms with Crippen molar-refractivity contribution in [1.82, 2.24) is 0 Å². The average Bonchev–Trinajstić information content (AvgIpc) is 2.67. The van der Waals surface area contributed by atoms with Crippen LogP contribution < -0.4 is 0 Å². The van der Waals surface area contributed by atoms with Gasteiger partial charge < -0.3 is 5.11 Å². The Hall–Kier alpha value is -0.340. The van der Waals surface area contributed by atoms with Crippen LogP contribution in [-0.2, 0) is 0 Å². The van der Waals surface area contributed by atoms with Gasteiger partial charge in [-0.3, -0.25) is 0 Å². The van der Waals surface area contributed by atoms with Crippen LogP contribution in [0.15, 0.2) is 6.07 Å². The summed E-state index contributed by atoms with van der Waals surface area (Å²) in [6.07, 6.45) is 6.13. The lowest BCUT2D eigenvalue weighted by Crippen LogP contribution is -2.25. The minimum Gasteiger partial charge on any atom is -0.388 e. The van der Waals surface area contributed by atoms with Crippen LogP contribution in [0.4, 0.5) is 0 Å². The number of hydrogen-bond acceptors (Lipinski definition) is 2. The standard InChI is InChI=1S/C15H24OS/c1-4-12-7-5-6-8-13(12)15(16)14-9-10(2)17-11(14)3/h9,12-13,15-16H,4-8H2,1-3H3. The van der Waals surface area contributed by atoms with Crippen LogP contribution in [0.1, 0.15) is 60.4 Å². The highest BCUT2D eigenvalue weighted by Gasteiger charge is 2.31. The van der Waals surface area contributed by atoms with Gasteiger partial charge in [-0.2, -0.15) is 0 Å². The van der Waals surface area contributed by atoms with Gasteiger partial charge in [0, 0.05) is 9.75 Å². The van der Waals surface area contributed by atoms with E-state index in [2.05, 4.69) is 26.8 Å². The van der Waals surface area contributed by atoms with Gasteiger partial charge in [0.1, 0.15) is 0 Å². The molecule has 1 heterocycles. The molecule has 0 saturated heterocycles. The van der Waals surface area contributed by atoms with E-state index in [1.807, 2.05) is 11.3 Å². The molecular weight excluding hydrogens is 228 g/mol. The third kappa shape index (κ3) is 2.74. The lowest BCUT2D eigenvalue weighted by Gasteiger charge is -2.34. The molecule has 3 unspecified atom stereocenters. The minimum atomic E-state index is -0.231. The summed E-state index contributed by atoms with van der Waals surface area (Å²) in [6.45, 7) is 6.54. The fraction of sp³-hybridized carbons (Fsp3) is 0.733. The molecular formula is C15H24OS. The second-order valence-corrected chi connectivity index (χ2v) is 6.89. The van der Waals surface area contributed by atoms with E-state index < -0.39 is 0 Å². The molecule has 17 heavy (non-hydrogen) atoms. The molecule has 0 radical (unpaired) electrons. The van der Waals surface area contributed by atoms with Gasteiger partial charge >= 0.3 is 0 Å². The Bertz CT molecular complexity index is 369. The van der Waals surface area contributed by atoms with Crippen molar-refractivity contribution >= 4 is 11.3 Å². The van der Waals surface area contributed by atoms with Crippen LogP contribution in [0, 0.1) is 25.7 Å². The van der Waals surface area contributed by atoms with E-state index in [9.17, 15) is 5.11 Å². The molecule has 0 amide bonds. The predicted molar refractivity (Wildman–Crippen MR) is 74.5 cm³/mol. The smallest absolute Gasteiger partial charge is 0.0831 e. The highest BCUT2D eigenvalue weighted by Crippen LogP contribution is 2.42. The van der Waals surface area contributed by atoms with Gasteiger partial charge in [0.05, 0.1) is 6.10 Å². The molecule has 1 saturated carbocycles. The van der Waals surface area contributed by atoms with Crippen molar-refractivity contribution in [2.24, 2.45) is 11.8 Å². The van der Waals surface area contributed by atoms with Crippen molar-refractivity contribution in [2.45, 2.75) is 59.0 Å². The molecule has 1 N–H and O–H groups in total. The predicted octanol–water partition coefficient (Wildman–Crippen LogP) is 4.61. The lowest BCUT2D eigenvalue weighted by molar-refractivity contribution is 0.0451. The van der Waals surface area contributed by atoms with Crippen molar-refractivity contribution in [1.29, 1.82) is 0 Å². The zero-order valence-electron chi connectivity index (χ0n) is 11.2. The molecule has 1 aliphatic carbocycles. The summed E-state index contributed by atoms with van der Waals surface area (Å²) in [5.41, 5.74) is 1.19. The van der Waals surface area contributed by atoms with Gasteiger partial charge in [-0.05, 0) is 43.7 Å². The third-order valence-electron chi connectivity index (χ3n) is 4.30. The van der Waals surface area contributed by atoms with Crippen LogP contribution in [0.2, 0.25) is 0 Å². The maximum atomic E-state index is 10.6. The lowest BCUT2D eigenvalue weighted by atomic mass is 9.73. The zero-order chi connectivity index (χ0) is 12.4. The van der Waals surface area contributed by atoms with Gasteiger partial charge in [-0.1, -0.05) is 32.6 Å². The molecule has 1 fully saturated rings. The SMILES string of the molecule is CCC1CCCCC1C(O)c1cc(C)sc1C. The number of aliphatic hydroxyl groups excluding tert-OH is 1. The molecule has 0 aromatic carbocycles. The van der Waals surface area contributed by atoms with Crippen LogP contribution in [0.25, 0.3) is 0 Å². The second kappa shape index (κ2) is 5.53. The molecule has 1 aromatic heterocycles. The average molecular weight is 252 g/mol. The van der Waals surface area contributed by atoms with Crippen molar-refractivity contribution in [3.8, 4) is 0 Å². The Morgan fingerprint density at radius 2 is 2.06 bits per heavy atom. The second-order valence-electron chi connectivity index (χ2n) is 5.43. The Morgan fingerprint density at radius 1 is 1.35 bits per heavy atom. The molecule has 2 rings (SSSR count). The molecule has 96 valence electrons. The quantitative estimate of drug-likeness (QED) is 0.832. The van der Waals surface area contributed by atoms with E-state index in [1.165, 1.54) is 47.4 Å². The number of aryl methyl sites for hydroxylation is 2. The number of hydrogen-bond donors (Lipinski definition) is 1. The number of thiophene rings is 1. The van der Waals surface area contributed by atoms with E-state index in [4.69, 9.17) is 0 Å². The fourth-order valence-electron chi connectivity index (χ4n) is 3.33. The first-order chi connectivity index (χ1) is 8.13. The Morgan fingerprint density at radius 3 is 2.65 bits per heavy atom. The molecule has 1 aliphatic rings. The molecule has 0 bridgehead atoms. The molecule has 3 atom stereocenters. The van der Waals surface area contributed by atoms with Crippen molar-refractivity contribution in [3.05, 3.63) is 21.4 Å². The number of aliphatic hydroxyl groups is 1. The number of rotatable bonds is 3. The maximum Gasteiger partial charge on any atom is 0.0831 e. The van der Waals surface area contributed by atoms with E-state index in [0.29, 0.717) is 5.92 Å². The van der Waals surface area contributed by atoms with Crippen molar-refractivity contribution in [2.75, 3.05) is 0 Å². The van der Waals surface area contributed by atoms with E-state index >= 15 is 0 Å². The minimum absolute atomic E-state index is 0.231. The van der Waals surface area contributed by atoms with Gasteiger partial charge in [0.2, 0.25) is 0 Å². The fourth-order valence-corrected chi connectivity index (χ4v) is 4.30. The van der Waals surface area contributed by atoms with E-state index in [0.717, 1.165) is 5.92 Å². The van der Waals surface area contributed by atoms with Crippen LogP contribution in [-0.4, -0.2) is 5.11 Å². The Balaban J connectivity index is 2.17. The summed E-state index contributed by atoms with van der Waals surface area (Å²) in [5, 5.41) is 10.6. The van der Waals surface area contributed by atoms with Gasteiger partial charge in [0.25, 0.3) is 0 Å². The van der Waals surface area contributed by atoms with Crippen molar-refractivity contribution in [3.63, 3.8) is 0 Å². The summed E-state index contributed by atoms with van der Waals surface area (Å²) in [4.78, 5) is 2.62. The van der Waals surface area contributed by atoms with Gasteiger partial charge in [0.15, 0.2) is 0 Å². The molecule has 1 aromatic rings. The highest BCUT2D eigenvalue weighted by molar-refractivity contribution is 7.12. The summed E-state index contributed by atoms with van der Waals surface area (Å²) in [6, 6.07) is 2.19. The molecule has 0 aliphatic heterocycles. The maximum absolute atomic E-state index is 10.6. The molecule has 0 spiro atoms. The highest BCUT2D eigenvalue weighted by atomic mass is 32.1. The summed E-state index contributed by atoms with van der Waals surface area (Å²) >= 11 is 1.81. The van der Waals surface area contributed by atoms with Gasteiger partial charge in [-0.15, -0.1) is 11.3 Å². The van der Waals surface area contributed by atoms with Crippen LogP contribution >= 0.6 is 11.3 Å². The first kappa shape index (κ1) is 13.1. The largest absolute Gasteiger partial charge is 0.388 e. The Labute approximate surface area is 109 Å². The topological polar surface area (TPSA) is 20.2 Å². The van der Waals surface area contributed by atoms with Crippen LogP contribution in [0.3, 0.4) is 0 Å². The third-order valence-corrected chi connectivity index (χ3v) is 5.28. The van der Waals surface area contributed by atoms with Crippen molar-refractivity contribution < 1.29 is 5.11 Å².